The van der Waals surface area contributed by atoms with E-state index in [0.29, 0.717) is 37.3 Å². The molecule has 1 aliphatic rings. The number of rotatable bonds is 17. The van der Waals surface area contributed by atoms with Crippen LogP contribution in [0.5, 0.6) is 0 Å². The van der Waals surface area contributed by atoms with E-state index in [1.54, 1.807) is 0 Å². The summed E-state index contributed by atoms with van der Waals surface area (Å²) in [4.78, 5) is 32.2. The molecule has 0 aromatic heterocycles. The maximum absolute atomic E-state index is 14.4. The van der Waals surface area contributed by atoms with Crippen LogP contribution in [0, 0.1) is 13.8 Å². The molecule has 3 aromatic rings. The number of fused-ring (bicyclic) bond motifs is 3. The van der Waals surface area contributed by atoms with Crippen molar-refractivity contribution in [1.29, 1.82) is 0 Å². The zero-order valence-corrected chi connectivity index (χ0v) is 30.7. The van der Waals surface area contributed by atoms with Gasteiger partial charge in [0.15, 0.2) is 0 Å². The molecule has 0 saturated carbocycles. The van der Waals surface area contributed by atoms with Crippen LogP contribution >= 0.6 is 0 Å². The topological polar surface area (TPSA) is 40.6 Å². The van der Waals surface area contributed by atoms with Gasteiger partial charge in [-0.25, -0.2) is 0 Å². The molecular weight excluding hydrogens is 576 g/mol. The largest absolute Gasteiger partial charge is 0.339 e. The monoisotopic (exact) mass is 636 g/mol. The van der Waals surface area contributed by atoms with Gasteiger partial charge in [-0.3, -0.25) is 9.59 Å². The minimum Gasteiger partial charge on any atom is -0.339 e. The average Bonchev–Trinajstić information content (AvgIpc) is 3.33. The third-order valence-corrected chi connectivity index (χ3v) is 10.7. The molecule has 254 valence electrons. The van der Waals surface area contributed by atoms with Crippen LogP contribution in [-0.2, 0) is 5.41 Å². The zero-order chi connectivity index (χ0) is 34.1. The van der Waals surface area contributed by atoms with Gasteiger partial charge in [0.05, 0.1) is 11.1 Å². The second kappa shape index (κ2) is 16.6. The van der Waals surface area contributed by atoms with Crippen LogP contribution < -0.4 is 0 Å². The number of aryl methyl sites for hydroxylation is 2. The van der Waals surface area contributed by atoms with Crippen LogP contribution in [0.25, 0.3) is 22.3 Å². The lowest BCUT2D eigenvalue weighted by molar-refractivity contribution is 0.0733. The zero-order valence-electron chi connectivity index (χ0n) is 30.7. The van der Waals surface area contributed by atoms with Crippen molar-refractivity contribution >= 4 is 11.8 Å². The van der Waals surface area contributed by atoms with Gasteiger partial charge in [-0.1, -0.05) is 113 Å². The number of unbranched alkanes of at least 4 members (excludes halogenated alkanes) is 6. The summed E-state index contributed by atoms with van der Waals surface area (Å²) in [7, 11) is 0. The van der Waals surface area contributed by atoms with E-state index in [9.17, 15) is 9.59 Å². The van der Waals surface area contributed by atoms with Crippen LogP contribution in [-0.4, -0.2) is 47.8 Å². The quantitative estimate of drug-likeness (QED) is 0.138. The third kappa shape index (κ3) is 7.37. The molecule has 0 aliphatic heterocycles. The summed E-state index contributed by atoms with van der Waals surface area (Å²) in [6.07, 6.45) is 12.2. The molecule has 4 nitrogen and oxygen atoms in total. The summed E-state index contributed by atoms with van der Waals surface area (Å²) in [6.45, 7) is 19.2. The lowest BCUT2D eigenvalue weighted by atomic mass is 9.70. The second-order valence-electron chi connectivity index (χ2n) is 13.6. The van der Waals surface area contributed by atoms with Gasteiger partial charge < -0.3 is 9.80 Å². The van der Waals surface area contributed by atoms with Crippen LogP contribution in [0.4, 0.5) is 0 Å². The van der Waals surface area contributed by atoms with Crippen molar-refractivity contribution in [3.05, 3.63) is 81.9 Å². The third-order valence-electron chi connectivity index (χ3n) is 10.7. The van der Waals surface area contributed by atoms with Crippen molar-refractivity contribution in [3.63, 3.8) is 0 Å². The number of carbonyl (C=O) groups excluding carboxylic acids is 2. The van der Waals surface area contributed by atoms with Crippen molar-refractivity contribution in [2.75, 3.05) is 26.2 Å². The molecule has 47 heavy (non-hydrogen) atoms. The van der Waals surface area contributed by atoms with Crippen molar-refractivity contribution in [2.24, 2.45) is 0 Å². The van der Waals surface area contributed by atoms with Gasteiger partial charge in [0.1, 0.15) is 0 Å². The fourth-order valence-corrected chi connectivity index (χ4v) is 7.93. The summed E-state index contributed by atoms with van der Waals surface area (Å²) < 4.78 is 0. The molecule has 0 heterocycles. The lowest BCUT2D eigenvalue weighted by Gasteiger charge is -2.33. The van der Waals surface area contributed by atoms with Crippen LogP contribution in [0.2, 0.25) is 0 Å². The highest BCUT2D eigenvalue weighted by Crippen LogP contribution is 2.55. The Morgan fingerprint density at radius 1 is 0.553 bits per heavy atom. The highest BCUT2D eigenvalue weighted by atomic mass is 16.2. The van der Waals surface area contributed by atoms with Gasteiger partial charge in [-0.2, -0.15) is 0 Å². The summed E-state index contributed by atoms with van der Waals surface area (Å²) in [5.41, 5.74) is 10.7. The van der Waals surface area contributed by atoms with E-state index in [4.69, 9.17) is 0 Å². The Kier molecular flexibility index (Phi) is 12.9. The SMILES string of the molecule is CCCCCCC1(CCCCCC)c2cc(C)ccc2-c2ccc(-c3ccc(C)c(C(=O)N(CC)CC)c3C(=O)N(CC)CC)cc21. The van der Waals surface area contributed by atoms with Gasteiger partial charge in [0.25, 0.3) is 11.8 Å². The molecule has 1 aliphatic carbocycles. The van der Waals surface area contributed by atoms with Gasteiger partial charge in [-0.15, -0.1) is 0 Å². The van der Waals surface area contributed by atoms with Crippen LogP contribution in [0.15, 0.2) is 48.5 Å². The van der Waals surface area contributed by atoms with Crippen molar-refractivity contribution < 1.29 is 9.59 Å². The average molecular weight is 637 g/mol. The molecule has 0 saturated heterocycles. The van der Waals surface area contributed by atoms with Gasteiger partial charge in [0, 0.05) is 31.6 Å². The molecule has 0 atom stereocenters. The van der Waals surface area contributed by atoms with Crippen LogP contribution in [0.3, 0.4) is 0 Å². The first kappa shape index (κ1) is 36.4. The first-order chi connectivity index (χ1) is 22.7. The fraction of sp³-hybridized carbons (Fsp3) is 0.535. The minimum absolute atomic E-state index is 0.0538. The van der Waals surface area contributed by atoms with Gasteiger partial charge in [-0.05, 0) is 99.4 Å². The van der Waals surface area contributed by atoms with Gasteiger partial charge in [0.2, 0.25) is 0 Å². The molecule has 3 aromatic carbocycles. The number of hydrogen-bond donors (Lipinski definition) is 0. The van der Waals surface area contributed by atoms with E-state index in [2.05, 4.69) is 63.2 Å². The standard InChI is InChI=1S/C43H60N2O2/c1-9-15-17-19-27-43(28-20-18-16-10-2)37-29-31(7)21-24-35(37)36-26-23-33(30-38(36)43)34-25-22-32(8)39(41(46)44(11-3)12-4)40(34)42(47)45(13-5)14-6/h21-26,29-30H,9-20,27-28H2,1-8H3. The summed E-state index contributed by atoms with van der Waals surface area (Å²) >= 11 is 0. The summed E-state index contributed by atoms with van der Waals surface area (Å²) in [5.74, 6) is -0.121. The summed E-state index contributed by atoms with van der Waals surface area (Å²) in [5, 5.41) is 0. The van der Waals surface area contributed by atoms with E-state index < -0.39 is 0 Å². The Morgan fingerprint density at radius 2 is 1.04 bits per heavy atom. The highest BCUT2D eigenvalue weighted by molar-refractivity contribution is 6.12. The van der Waals surface area contributed by atoms with Crippen molar-refractivity contribution in [3.8, 4) is 22.3 Å². The Labute approximate surface area is 286 Å². The van der Waals surface area contributed by atoms with E-state index in [1.807, 2.05) is 50.5 Å². The number of carbonyl (C=O) groups is 2. The molecule has 4 heteroatoms. The van der Waals surface area contributed by atoms with E-state index >= 15 is 0 Å². The smallest absolute Gasteiger partial charge is 0.255 e. The second-order valence-corrected chi connectivity index (χ2v) is 13.6. The normalized spacial score (nSPS) is 12.9. The Morgan fingerprint density at radius 3 is 1.57 bits per heavy atom. The molecule has 4 rings (SSSR count). The first-order valence-corrected chi connectivity index (χ1v) is 18.7. The molecule has 0 N–H and O–H groups in total. The van der Waals surface area contributed by atoms with Crippen molar-refractivity contribution in [2.45, 2.75) is 125 Å². The molecule has 0 unspecified atom stereocenters. The Hall–Kier alpha value is -3.40. The minimum atomic E-state index is -0.0611. The number of nitrogens with zero attached hydrogens (tertiary/aromatic N) is 2. The predicted molar refractivity (Wildman–Crippen MR) is 200 cm³/mol. The predicted octanol–water partition coefficient (Wildman–Crippen LogP) is 11.1. The maximum Gasteiger partial charge on any atom is 0.255 e. The number of benzene rings is 3. The van der Waals surface area contributed by atoms with Crippen molar-refractivity contribution in [1.82, 2.24) is 9.80 Å². The summed E-state index contributed by atoms with van der Waals surface area (Å²) in [6, 6.07) is 18.1. The number of hydrogen-bond acceptors (Lipinski definition) is 2. The molecule has 0 spiro atoms. The molecule has 2 amide bonds. The Balaban J connectivity index is 1.98. The Bertz CT molecular complexity index is 1520. The highest BCUT2D eigenvalue weighted by Gasteiger charge is 2.42. The van der Waals surface area contributed by atoms with E-state index in [-0.39, 0.29) is 17.2 Å². The van der Waals surface area contributed by atoms with Gasteiger partial charge >= 0.3 is 0 Å². The fourth-order valence-electron chi connectivity index (χ4n) is 7.93. The molecule has 0 radical (unpaired) electrons. The number of amides is 2. The molecule has 0 bridgehead atoms. The first-order valence-electron chi connectivity index (χ1n) is 18.7. The van der Waals surface area contributed by atoms with E-state index in [0.717, 1.165) is 29.5 Å². The lowest BCUT2D eigenvalue weighted by Crippen LogP contribution is -2.36. The maximum atomic E-state index is 14.4. The molecule has 0 fully saturated rings. The molecular formula is C43H60N2O2. The van der Waals surface area contributed by atoms with E-state index in [1.165, 1.54) is 79.2 Å². The van der Waals surface area contributed by atoms with Crippen LogP contribution in [0.1, 0.15) is 149 Å².